The number of nitrogens with zero attached hydrogens (tertiary/aromatic N) is 4. The summed E-state index contributed by atoms with van der Waals surface area (Å²) in [5.74, 6) is 0.773. The summed E-state index contributed by atoms with van der Waals surface area (Å²) in [7, 11) is 0. The number of hydrogen-bond donors (Lipinski definition) is 1. The lowest BCUT2D eigenvalue weighted by atomic mass is 9.93. The van der Waals surface area contributed by atoms with Gasteiger partial charge in [-0.3, -0.25) is 0 Å². The van der Waals surface area contributed by atoms with Gasteiger partial charge in [0.1, 0.15) is 11.4 Å². The van der Waals surface area contributed by atoms with Crippen molar-refractivity contribution < 1.29 is 0 Å². The summed E-state index contributed by atoms with van der Waals surface area (Å²) in [5, 5.41) is 18.0. The highest BCUT2D eigenvalue weighted by Gasteiger charge is 2.21. The number of hydrogen-bond acceptors (Lipinski definition) is 4. The number of nitriles is 2. The van der Waals surface area contributed by atoms with Gasteiger partial charge in [-0.15, -0.1) is 0 Å². The summed E-state index contributed by atoms with van der Waals surface area (Å²) in [4.78, 5) is 4.50. The van der Waals surface area contributed by atoms with E-state index in [1.54, 1.807) is 0 Å². The molecule has 1 aromatic heterocycles. The van der Waals surface area contributed by atoms with Crippen LogP contribution in [-0.2, 0) is 13.0 Å². The summed E-state index contributed by atoms with van der Waals surface area (Å²) < 4.78 is 2.06. The number of rotatable bonds is 6. The van der Waals surface area contributed by atoms with Crippen LogP contribution in [0.2, 0.25) is 0 Å². The molecule has 0 amide bonds. The molecule has 2 aromatic rings. The van der Waals surface area contributed by atoms with E-state index in [1.165, 1.54) is 0 Å². The highest BCUT2D eigenvalue weighted by atomic mass is 15.1. The zero-order chi connectivity index (χ0) is 15.3. The van der Waals surface area contributed by atoms with Crippen molar-refractivity contribution in [1.82, 2.24) is 9.55 Å². The molecule has 2 N–H and O–H groups in total. The van der Waals surface area contributed by atoms with Crippen LogP contribution in [0.3, 0.4) is 0 Å². The standard InChI is InChI=1S/C16H19N5/c1-2-16(19,12-18)9-5-11-21-14-7-4-3-6-13(14)20-15(21)8-10-17/h3-4,6-7H,2,5,8-9,11,19H2,1H3. The maximum Gasteiger partial charge on any atom is 0.124 e. The highest BCUT2D eigenvalue weighted by Crippen LogP contribution is 2.19. The largest absolute Gasteiger partial charge is 0.327 e. The Hall–Kier alpha value is -2.37. The van der Waals surface area contributed by atoms with Crippen LogP contribution in [0.15, 0.2) is 24.3 Å². The number of fused-ring (bicyclic) bond motifs is 1. The summed E-state index contributed by atoms with van der Waals surface area (Å²) in [5.41, 5.74) is 7.18. The molecule has 1 unspecified atom stereocenters. The molecule has 1 heterocycles. The van der Waals surface area contributed by atoms with Gasteiger partial charge in [-0.25, -0.2) is 4.98 Å². The fourth-order valence-corrected chi connectivity index (χ4v) is 2.44. The molecule has 0 aliphatic rings. The fourth-order valence-electron chi connectivity index (χ4n) is 2.44. The average Bonchev–Trinajstić information content (AvgIpc) is 2.85. The van der Waals surface area contributed by atoms with E-state index < -0.39 is 5.54 Å². The van der Waals surface area contributed by atoms with Gasteiger partial charge in [0, 0.05) is 6.54 Å². The smallest absolute Gasteiger partial charge is 0.124 e. The topological polar surface area (TPSA) is 91.4 Å². The molecule has 0 aliphatic heterocycles. The molecule has 0 fully saturated rings. The van der Waals surface area contributed by atoms with Crippen LogP contribution in [0, 0.1) is 22.7 Å². The third-order valence-corrected chi connectivity index (χ3v) is 3.83. The number of benzene rings is 1. The van der Waals surface area contributed by atoms with E-state index in [1.807, 2.05) is 31.2 Å². The van der Waals surface area contributed by atoms with Gasteiger partial charge < -0.3 is 10.3 Å². The van der Waals surface area contributed by atoms with E-state index in [9.17, 15) is 0 Å². The van der Waals surface area contributed by atoms with Gasteiger partial charge in [-0.05, 0) is 31.4 Å². The first-order valence-electron chi connectivity index (χ1n) is 7.15. The predicted molar refractivity (Wildman–Crippen MR) is 81.1 cm³/mol. The van der Waals surface area contributed by atoms with Crippen molar-refractivity contribution in [2.45, 2.75) is 44.7 Å². The van der Waals surface area contributed by atoms with Crippen LogP contribution in [0.25, 0.3) is 11.0 Å². The molecule has 2 rings (SSSR count). The Morgan fingerprint density at radius 2 is 2.10 bits per heavy atom. The van der Waals surface area contributed by atoms with Crippen LogP contribution < -0.4 is 5.73 Å². The first-order valence-corrected chi connectivity index (χ1v) is 7.15. The summed E-state index contributed by atoms with van der Waals surface area (Å²) in [6, 6.07) is 12.2. The van der Waals surface area contributed by atoms with Crippen molar-refractivity contribution in [1.29, 1.82) is 10.5 Å². The number of imidazole rings is 1. The van der Waals surface area contributed by atoms with Gasteiger partial charge in [0.2, 0.25) is 0 Å². The third kappa shape index (κ3) is 3.21. The van der Waals surface area contributed by atoms with Gasteiger partial charge in [-0.1, -0.05) is 19.1 Å². The van der Waals surface area contributed by atoms with E-state index in [-0.39, 0.29) is 6.42 Å². The van der Waals surface area contributed by atoms with E-state index in [4.69, 9.17) is 16.3 Å². The summed E-state index contributed by atoms with van der Waals surface area (Å²) in [6.07, 6.45) is 2.35. The van der Waals surface area contributed by atoms with Gasteiger partial charge in [0.05, 0.1) is 29.6 Å². The van der Waals surface area contributed by atoms with Crippen LogP contribution in [0.5, 0.6) is 0 Å². The van der Waals surface area contributed by atoms with E-state index >= 15 is 0 Å². The Balaban J connectivity index is 2.20. The zero-order valence-electron chi connectivity index (χ0n) is 12.2. The average molecular weight is 281 g/mol. The lowest BCUT2D eigenvalue weighted by molar-refractivity contribution is 0.444. The van der Waals surface area contributed by atoms with Crippen LogP contribution in [-0.4, -0.2) is 15.1 Å². The van der Waals surface area contributed by atoms with Crippen molar-refractivity contribution in [2.24, 2.45) is 5.73 Å². The lowest BCUT2D eigenvalue weighted by Crippen LogP contribution is -2.37. The van der Waals surface area contributed by atoms with Crippen molar-refractivity contribution in [3.63, 3.8) is 0 Å². The molecular formula is C16H19N5. The van der Waals surface area contributed by atoms with Crippen LogP contribution >= 0.6 is 0 Å². The van der Waals surface area contributed by atoms with Gasteiger partial charge in [0.15, 0.2) is 0 Å². The molecule has 0 bridgehead atoms. The number of aryl methyl sites for hydroxylation is 1. The second kappa shape index (κ2) is 6.39. The zero-order valence-corrected chi connectivity index (χ0v) is 12.2. The van der Waals surface area contributed by atoms with Gasteiger partial charge in [-0.2, -0.15) is 10.5 Å². The minimum Gasteiger partial charge on any atom is -0.327 e. The molecule has 0 aliphatic carbocycles. The molecule has 5 heteroatoms. The molecular weight excluding hydrogens is 262 g/mol. The second-order valence-electron chi connectivity index (χ2n) is 5.23. The number of nitrogens with two attached hydrogens (primary N) is 1. The Kier molecular flexibility index (Phi) is 4.57. The summed E-state index contributed by atoms with van der Waals surface area (Å²) in [6.45, 7) is 2.65. The van der Waals surface area contributed by atoms with Crippen molar-refractivity contribution in [3.8, 4) is 12.1 Å². The lowest BCUT2D eigenvalue weighted by Gasteiger charge is -2.19. The minimum absolute atomic E-state index is 0.286. The van der Waals surface area contributed by atoms with Crippen molar-refractivity contribution >= 4 is 11.0 Å². The van der Waals surface area contributed by atoms with Crippen molar-refractivity contribution in [3.05, 3.63) is 30.1 Å². The fraction of sp³-hybridized carbons (Fsp3) is 0.438. The maximum atomic E-state index is 9.12. The molecule has 0 radical (unpaired) electrons. The highest BCUT2D eigenvalue weighted by molar-refractivity contribution is 5.75. The van der Waals surface area contributed by atoms with E-state index in [0.29, 0.717) is 12.8 Å². The quantitative estimate of drug-likeness (QED) is 0.880. The second-order valence-corrected chi connectivity index (χ2v) is 5.23. The van der Waals surface area contributed by atoms with Crippen LogP contribution in [0.1, 0.15) is 32.0 Å². The predicted octanol–water partition coefficient (Wildman–Crippen LogP) is 2.51. The first-order chi connectivity index (χ1) is 10.1. The summed E-state index contributed by atoms with van der Waals surface area (Å²) >= 11 is 0. The minimum atomic E-state index is -0.758. The SMILES string of the molecule is CCC(N)(C#N)CCCn1c(CC#N)nc2ccccc21. The number of aromatic nitrogens is 2. The van der Waals surface area contributed by atoms with Crippen molar-refractivity contribution in [2.75, 3.05) is 0 Å². The molecule has 1 aromatic carbocycles. The number of para-hydroxylation sites is 2. The molecule has 0 saturated heterocycles. The monoisotopic (exact) mass is 281 g/mol. The Morgan fingerprint density at radius 1 is 1.33 bits per heavy atom. The Bertz CT molecular complexity index is 704. The van der Waals surface area contributed by atoms with Gasteiger partial charge in [0.25, 0.3) is 0 Å². The molecule has 1 atom stereocenters. The first kappa shape index (κ1) is 15.0. The van der Waals surface area contributed by atoms with E-state index in [0.717, 1.165) is 29.8 Å². The molecule has 0 spiro atoms. The molecule has 21 heavy (non-hydrogen) atoms. The molecule has 108 valence electrons. The third-order valence-electron chi connectivity index (χ3n) is 3.83. The van der Waals surface area contributed by atoms with Gasteiger partial charge >= 0.3 is 0 Å². The van der Waals surface area contributed by atoms with E-state index in [2.05, 4.69) is 21.7 Å². The maximum absolute atomic E-state index is 9.12. The van der Waals surface area contributed by atoms with Crippen LogP contribution in [0.4, 0.5) is 0 Å². The molecule has 0 saturated carbocycles. The molecule has 5 nitrogen and oxygen atoms in total. The normalized spacial score (nSPS) is 13.5. The Labute approximate surface area is 124 Å². The Morgan fingerprint density at radius 3 is 2.76 bits per heavy atom.